The Kier molecular flexibility index (Phi) is 3.23. The zero-order chi connectivity index (χ0) is 9.10. The van der Waals surface area contributed by atoms with Crippen LogP contribution < -0.4 is 5.32 Å². The monoisotopic (exact) mass is 182 g/mol. The van der Waals surface area contributed by atoms with Gasteiger partial charge in [-0.2, -0.15) is 0 Å². The van der Waals surface area contributed by atoms with Crippen molar-refractivity contribution in [3.05, 3.63) is 0 Å². The fourth-order valence-electron chi connectivity index (χ4n) is 2.50. The third-order valence-electron chi connectivity index (χ3n) is 3.53. The Morgan fingerprint density at radius 3 is 2.46 bits per heavy atom. The van der Waals surface area contributed by atoms with Crippen LogP contribution in [0.15, 0.2) is 0 Å². The molecule has 76 valence electrons. The van der Waals surface area contributed by atoms with E-state index in [1.807, 2.05) is 0 Å². The number of hydrogen-bond acceptors (Lipinski definition) is 2. The van der Waals surface area contributed by atoms with Gasteiger partial charge in [0, 0.05) is 13.1 Å². The van der Waals surface area contributed by atoms with Crippen molar-refractivity contribution in [3.63, 3.8) is 0 Å². The molecule has 0 spiro atoms. The van der Waals surface area contributed by atoms with Gasteiger partial charge in [-0.3, -0.25) is 0 Å². The van der Waals surface area contributed by atoms with Gasteiger partial charge in [-0.1, -0.05) is 6.42 Å². The maximum atomic E-state index is 3.43. The maximum absolute atomic E-state index is 3.43. The first-order valence-electron chi connectivity index (χ1n) is 5.74. The highest BCUT2D eigenvalue weighted by molar-refractivity contribution is 4.77. The second kappa shape index (κ2) is 4.43. The van der Waals surface area contributed by atoms with Gasteiger partial charge in [-0.15, -0.1) is 0 Å². The fraction of sp³-hybridized carbons (Fsp3) is 1.00. The van der Waals surface area contributed by atoms with Crippen LogP contribution in [0.2, 0.25) is 0 Å². The van der Waals surface area contributed by atoms with Crippen LogP contribution >= 0.6 is 0 Å². The molecule has 0 aromatic carbocycles. The predicted molar refractivity (Wildman–Crippen MR) is 55.8 cm³/mol. The second-order valence-electron chi connectivity index (χ2n) is 4.88. The lowest BCUT2D eigenvalue weighted by Crippen LogP contribution is -2.33. The maximum Gasteiger partial charge on any atom is 0.00193 e. The number of nitrogens with zero attached hydrogens (tertiary/aromatic N) is 1. The Balaban J connectivity index is 1.61. The SMILES string of the molecule is CN(CC1CCC1)CC1CCNC1. The summed E-state index contributed by atoms with van der Waals surface area (Å²) < 4.78 is 0. The summed E-state index contributed by atoms with van der Waals surface area (Å²) in [4.78, 5) is 2.54. The summed E-state index contributed by atoms with van der Waals surface area (Å²) in [5, 5.41) is 3.43. The molecule has 1 N–H and O–H groups in total. The van der Waals surface area contributed by atoms with E-state index in [2.05, 4.69) is 17.3 Å². The quantitative estimate of drug-likeness (QED) is 0.705. The highest BCUT2D eigenvalue weighted by atomic mass is 15.1. The Bertz CT molecular complexity index is 148. The van der Waals surface area contributed by atoms with Crippen LogP contribution in [0.5, 0.6) is 0 Å². The van der Waals surface area contributed by atoms with Crippen molar-refractivity contribution >= 4 is 0 Å². The molecule has 2 fully saturated rings. The largest absolute Gasteiger partial charge is 0.316 e. The van der Waals surface area contributed by atoms with Crippen molar-refractivity contribution < 1.29 is 0 Å². The molecule has 0 radical (unpaired) electrons. The first-order chi connectivity index (χ1) is 6.34. The van der Waals surface area contributed by atoms with Gasteiger partial charge < -0.3 is 10.2 Å². The molecule has 2 heteroatoms. The molecule has 13 heavy (non-hydrogen) atoms. The van der Waals surface area contributed by atoms with Gasteiger partial charge in [0.1, 0.15) is 0 Å². The molecular weight excluding hydrogens is 160 g/mol. The first kappa shape index (κ1) is 9.47. The molecule has 1 unspecified atom stereocenters. The Morgan fingerprint density at radius 1 is 1.15 bits per heavy atom. The average molecular weight is 182 g/mol. The van der Waals surface area contributed by atoms with E-state index in [-0.39, 0.29) is 0 Å². The third-order valence-corrected chi connectivity index (χ3v) is 3.53. The van der Waals surface area contributed by atoms with Crippen LogP contribution in [0.1, 0.15) is 25.7 Å². The van der Waals surface area contributed by atoms with Crippen LogP contribution in [-0.2, 0) is 0 Å². The summed E-state index contributed by atoms with van der Waals surface area (Å²) >= 11 is 0. The van der Waals surface area contributed by atoms with E-state index in [0.717, 1.165) is 11.8 Å². The molecule has 1 atom stereocenters. The van der Waals surface area contributed by atoms with Crippen molar-refractivity contribution in [2.24, 2.45) is 11.8 Å². The van der Waals surface area contributed by atoms with Crippen molar-refractivity contribution in [1.29, 1.82) is 0 Å². The average Bonchev–Trinajstić information content (AvgIpc) is 2.49. The molecule has 1 aliphatic carbocycles. The van der Waals surface area contributed by atoms with E-state index in [9.17, 15) is 0 Å². The second-order valence-corrected chi connectivity index (χ2v) is 4.88. The summed E-state index contributed by atoms with van der Waals surface area (Å²) in [7, 11) is 2.29. The Hall–Kier alpha value is -0.0800. The summed E-state index contributed by atoms with van der Waals surface area (Å²) in [6, 6.07) is 0. The highest BCUT2D eigenvalue weighted by Gasteiger charge is 2.21. The molecular formula is C11H22N2. The van der Waals surface area contributed by atoms with Crippen molar-refractivity contribution in [3.8, 4) is 0 Å². The van der Waals surface area contributed by atoms with Gasteiger partial charge in [0.2, 0.25) is 0 Å². The van der Waals surface area contributed by atoms with Gasteiger partial charge in [0.15, 0.2) is 0 Å². The third kappa shape index (κ3) is 2.68. The Morgan fingerprint density at radius 2 is 1.92 bits per heavy atom. The minimum Gasteiger partial charge on any atom is -0.316 e. The number of rotatable bonds is 4. The molecule has 0 aromatic rings. The Labute approximate surface area is 81.7 Å². The van der Waals surface area contributed by atoms with Gasteiger partial charge in [0.05, 0.1) is 0 Å². The molecule has 0 amide bonds. The topological polar surface area (TPSA) is 15.3 Å². The normalized spacial score (nSPS) is 29.5. The van der Waals surface area contributed by atoms with E-state index in [1.165, 1.54) is 51.9 Å². The minimum absolute atomic E-state index is 0.921. The molecule has 0 aromatic heterocycles. The van der Waals surface area contributed by atoms with E-state index >= 15 is 0 Å². The van der Waals surface area contributed by atoms with Crippen LogP contribution in [-0.4, -0.2) is 38.1 Å². The zero-order valence-electron chi connectivity index (χ0n) is 8.76. The molecule has 2 rings (SSSR count). The van der Waals surface area contributed by atoms with Gasteiger partial charge in [-0.25, -0.2) is 0 Å². The summed E-state index contributed by atoms with van der Waals surface area (Å²) in [5.41, 5.74) is 0. The summed E-state index contributed by atoms with van der Waals surface area (Å²) in [5.74, 6) is 1.95. The van der Waals surface area contributed by atoms with Crippen LogP contribution in [0.4, 0.5) is 0 Å². The van der Waals surface area contributed by atoms with Gasteiger partial charge in [0.25, 0.3) is 0 Å². The number of nitrogens with one attached hydrogen (secondary N) is 1. The van der Waals surface area contributed by atoms with E-state index in [1.54, 1.807) is 0 Å². The fourth-order valence-corrected chi connectivity index (χ4v) is 2.50. The lowest BCUT2D eigenvalue weighted by Gasteiger charge is -2.31. The summed E-state index contributed by atoms with van der Waals surface area (Å²) in [6.45, 7) is 5.14. The zero-order valence-corrected chi connectivity index (χ0v) is 8.76. The van der Waals surface area contributed by atoms with Crippen molar-refractivity contribution in [2.45, 2.75) is 25.7 Å². The highest BCUT2D eigenvalue weighted by Crippen LogP contribution is 2.27. The van der Waals surface area contributed by atoms with Crippen LogP contribution in [0.3, 0.4) is 0 Å². The minimum atomic E-state index is 0.921. The van der Waals surface area contributed by atoms with Crippen molar-refractivity contribution in [2.75, 3.05) is 33.2 Å². The molecule has 1 saturated carbocycles. The van der Waals surface area contributed by atoms with Crippen LogP contribution in [0.25, 0.3) is 0 Å². The molecule has 2 nitrogen and oxygen atoms in total. The smallest absolute Gasteiger partial charge is 0.00193 e. The summed E-state index contributed by atoms with van der Waals surface area (Å²) in [6.07, 6.45) is 5.82. The van der Waals surface area contributed by atoms with E-state index in [0.29, 0.717) is 0 Å². The van der Waals surface area contributed by atoms with E-state index < -0.39 is 0 Å². The lowest BCUT2D eigenvalue weighted by molar-refractivity contribution is 0.188. The van der Waals surface area contributed by atoms with Gasteiger partial charge >= 0.3 is 0 Å². The van der Waals surface area contributed by atoms with E-state index in [4.69, 9.17) is 0 Å². The number of hydrogen-bond donors (Lipinski definition) is 1. The molecule has 0 bridgehead atoms. The standard InChI is InChI=1S/C11H22N2/c1-13(8-10-3-2-4-10)9-11-5-6-12-7-11/h10-12H,2-9H2,1H3. The molecule has 1 aliphatic heterocycles. The van der Waals surface area contributed by atoms with Crippen LogP contribution in [0, 0.1) is 11.8 Å². The molecule has 2 aliphatic rings. The van der Waals surface area contributed by atoms with Crippen molar-refractivity contribution in [1.82, 2.24) is 10.2 Å². The lowest BCUT2D eigenvalue weighted by atomic mass is 9.85. The van der Waals surface area contributed by atoms with Gasteiger partial charge in [-0.05, 0) is 51.2 Å². The first-order valence-corrected chi connectivity index (χ1v) is 5.74. The molecule has 1 saturated heterocycles. The molecule has 1 heterocycles. The predicted octanol–water partition coefficient (Wildman–Crippen LogP) is 1.33.